The Labute approximate surface area is 90.2 Å². The van der Waals surface area contributed by atoms with E-state index in [9.17, 15) is 4.79 Å². The van der Waals surface area contributed by atoms with Crippen LogP contribution in [0.25, 0.3) is 0 Å². The van der Waals surface area contributed by atoms with E-state index in [0.717, 1.165) is 16.7 Å². The minimum absolute atomic E-state index is 0.0655. The number of aryl methyl sites for hydroxylation is 3. The Bertz CT molecular complexity index is 349. The lowest BCUT2D eigenvalue weighted by atomic mass is 10.0. The smallest absolute Gasteiger partial charge is 0.320 e. The molecule has 0 unspecified atom stereocenters. The number of esters is 1. The molecule has 0 bridgehead atoms. The second-order valence-electron chi connectivity index (χ2n) is 3.74. The van der Waals surface area contributed by atoms with Gasteiger partial charge in [-0.2, -0.15) is 0 Å². The first kappa shape index (κ1) is 11.7. The van der Waals surface area contributed by atoms with Crippen molar-refractivity contribution < 1.29 is 9.53 Å². The molecule has 0 spiro atoms. The van der Waals surface area contributed by atoms with Crippen LogP contribution in [0.1, 0.15) is 22.3 Å². The van der Waals surface area contributed by atoms with E-state index in [4.69, 9.17) is 10.5 Å². The molecule has 3 heteroatoms. The third kappa shape index (κ3) is 3.06. The fourth-order valence-electron chi connectivity index (χ4n) is 1.65. The minimum atomic E-state index is -0.366. The number of carbonyl (C=O) groups is 1. The van der Waals surface area contributed by atoms with Crippen molar-refractivity contribution in [3.8, 4) is 0 Å². The molecule has 0 heterocycles. The van der Waals surface area contributed by atoms with Gasteiger partial charge in [-0.1, -0.05) is 17.7 Å². The van der Waals surface area contributed by atoms with Gasteiger partial charge in [0.25, 0.3) is 0 Å². The van der Waals surface area contributed by atoms with E-state index in [1.807, 2.05) is 13.8 Å². The highest BCUT2D eigenvalue weighted by atomic mass is 16.5. The van der Waals surface area contributed by atoms with Gasteiger partial charge in [0.05, 0.1) is 6.54 Å². The maximum Gasteiger partial charge on any atom is 0.320 e. The van der Waals surface area contributed by atoms with Crippen LogP contribution >= 0.6 is 0 Å². The van der Waals surface area contributed by atoms with Gasteiger partial charge in [0, 0.05) is 0 Å². The number of ether oxygens (including phenoxy) is 1. The van der Waals surface area contributed by atoms with Crippen molar-refractivity contribution in [1.29, 1.82) is 0 Å². The molecule has 15 heavy (non-hydrogen) atoms. The molecule has 0 aliphatic heterocycles. The summed E-state index contributed by atoms with van der Waals surface area (Å²) in [5, 5.41) is 0. The van der Waals surface area contributed by atoms with Gasteiger partial charge in [0.15, 0.2) is 0 Å². The molecule has 0 saturated heterocycles. The highest BCUT2D eigenvalue weighted by Gasteiger charge is 2.06. The highest BCUT2D eigenvalue weighted by molar-refractivity contribution is 5.71. The van der Waals surface area contributed by atoms with E-state index >= 15 is 0 Å². The van der Waals surface area contributed by atoms with Crippen molar-refractivity contribution in [3.05, 3.63) is 34.4 Å². The maximum absolute atomic E-state index is 10.9. The van der Waals surface area contributed by atoms with Crippen LogP contribution in [0.3, 0.4) is 0 Å². The van der Waals surface area contributed by atoms with Crippen molar-refractivity contribution in [2.45, 2.75) is 27.4 Å². The zero-order valence-corrected chi connectivity index (χ0v) is 9.46. The van der Waals surface area contributed by atoms with Gasteiger partial charge in [-0.3, -0.25) is 4.79 Å². The van der Waals surface area contributed by atoms with Crippen LogP contribution in [0, 0.1) is 20.8 Å². The van der Waals surface area contributed by atoms with E-state index in [1.54, 1.807) is 0 Å². The molecular formula is C12H17NO2. The summed E-state index contributed by atoms with van der Waals surface area (Å²) in [6.45, 7) is 6.34. The summed E-state index contributed by atoms with van der Waals surface area (Å²) in [5.41, 5.74) is 9.76. The van der Waals surface area contributed by atoms with E-state index in [1.165, 1.54) is 5.56 Å². The average molecular weight is 207 g/mol. The van der Waals surface area contributed by atoms with Gasteiger partial charge in [0.2, 0.25) is 0 Å². The highest BCUT2D eigenvalue weighted by Crippen LogP contribution is 2.17. The Hall–Kier alpha value is -1.35. The Morgan fingerprint density at radius 1 is 1.27 bits per heavy atom. The van der Waals surface area contributed by atoms with Gasteiger partial charge in [-0.15, -0.1) is 0 Å². The number of carbonyl (C=O) groups excluding carboxylic acids is 1. The summed E-state index contributed by atoms with van der Waals surface area (Å²) in [7, 11) is 0. The Morgan fingerprint density at radius 3 is 2.27 bits per heavy atom. The predicted octanol–water partition coefficient (Wildman–Crippen LogP) is 1.61. The molecule has 0 aliphatic rings. The minimum Gasteiger partial charge on any atom is -0.460 e. The van der Waals surface area contributed by atoms with Crippen LogP contribution in [0.15, 0.2) is 12.1 Å². The SMILES string of the molecule is Cc1cc(C)c(COC(=O)CN)c(C)c1. The molecule has 3 nitrogen and oxygen atoms in total. The quantitative estimate of drug-likeness (QED) is 0.766. The summed E-state index contributed by atoms with van der Waals surface area (Å²) in [6, 6.07) is 4.16. The fourth-order valence-corrected chi connectivity index (χ4v) is 1.65. The van der Waals surface area contributed by atoms with Crippen LogP contribution < -0.4 is 5.73 Å². The first-order valence-electron chi connectivity index (χ1n) is 4.97. The van der Waals surface area contributed by atoms with Crippen LogP contribution in [0.5, 0.6) is 0 Å². The number of nitrogens with two attached hydrogens (primary N) is 1. The molecule has 82 valence electrons. The van der Waals surface area contributed by atoms with E-state index in [2.05, 4.69) is 19.1 Å². The number of hydrogen-bond donors (Lipinski definition) is 1. The van der Waals surface area contributed by atoms with E-state index in [-0.39, 0.29) is 12.5 Å². The molecule has 1 aromatic carbocycles. The van der Waals surface area contributed by atoms with E-state index in [0.29, 0.717) is 6.61 Å². The lowest BCUT2D eigenvalue weighted by Gasteiger charge is -2.11. The Morgan fingerprint density at radius 2 is 1.80 bits per heavy atom. The first-order valence-corrected chi connectivity index (χ1v) is 4.97. The molecule has 2 N–H and O–H groups in total. The molecule has 0 atom stereocenters. The van der Waals surface area contributed by atoms with E-state index < -0.39 is 0 Å². The van der Waals surface area contributed by atoms with Crippen LogP contribution in [-0.2, 0) is 16.1 Å². The molecule has 1 aromatic rings. The normalized spacial score (nSPS) is 10.1. The standard InChI is InChI=1S/C12H17NO2/c1-8-4-9(2)11(10(3)5-8)7-15-12(14)6-13/h4-5H,6-7,13H2,1-3H3. The van der Waals surface area contributed by atoms with Crippen LogP contribution in [0.2, 0.25) is 0 Å². The lowest BCUT2D eigenvalue weighted by molar-refractivity contribution is -0.143. The summed E-state index contributed by atoms with van der Waals surface area (Å²) >= 11 is 0. The van der Waals surface area contributed by atoms with Crippen molar-refractivity contribution in [1.82, 2.24) is 0 Å². The third-order valence-electron chi connectivity index (χ3n) is 2.38. The molecule has 0 aromatic heterocycles. The second kappa shape index (κ2) is 4.94. The Balaban J connectivity index is 2.81. The first-order chi connectivity index (χ1) is 7.04. The summed E-state index contributed by atoms with van der Waals surface area (Å²) < 4.78 is 5.01. The van der Waals surface area contributed by atoms with Gasteiger partial charge in [-0.25, -0.2) is 0 Å². The second-order valence-corrected chi connectivity index (χ2v) is 3.74. The molecule has 1 rings (SSSR count). The monoisotopic (exact) mass is 207 g/mol. The molecule has 0 fully saturated rings. The molecule has 0 radical (unpaired) electrons. The van der Waals surface area contributed by atoms with Gasteiger partial charge < -0.3 is 10.5 Å². The zero-order chi connectivity index (χ0) is 11.4. The summed E-state index contributed by atoms with van der Waals surface area (Å²) in [6.07, 6.45) is 0. The largest absolute Gasteiger partial charge is 0.460 e. The number of hydrogen-bond acceptors (Lipinski definition) is 3. The topological polar surface area (TPSA) is 52.3 Å². The molecule has 0 amide bonds. The predicted molar refractivity (Wildman–Crippen MR) is 59.5 cm³/mol. The number of benzene rings is 1. The van der Waals surface area contributed by atoms with Crippen molar-refractivity contribution in [2.75, 3.05) is 6.54 Å². The zero-order valence-electron chi connectivity index (χ0n) is 9.46. The number of rotatable bonds is 3. The Kier molecular flexibility index (Phi) is 3.86. The molecular weight excluding hydrogens is 190 g/mol. The maximum atomic E-state index is 10.9. The summed E-state index contributed by atoms with van der Waals surface area (Å²) in [4.78, 5) is 10.9. The molecule has 0 aliphatic carbocycles. The van der Waals surface area contributed by atoms with Crippen LogP contribution in [-0.4, -0.2) is 12.5 Å². The third-order valence-corrected chi connectivity index (χ3v) is 2.38. The average Bonchev–Trinajstić information content (AvgIpc) is 2.15. The lowest BCUT2D eigenvalue weighted by Crippen LogP contribution is -2.17. The summed E-state index contributed by atoms with van der Waals surface area (Å²) in [5.74, 6) is -0.366. The van der Waals surface area contributed by atoms with Crippen molar-refractivity contribution >= 4 is 5.97 Å². The van der Waals surface area contributed by atoms with Crippen molar-refractivity contribution in [3.63, 3.8) is 0 Å². The van der Waals surface area contributed by atoms with Gasteiger partial charge >= 0.3 is 5.97 Å². The molecule has 0 saturated carbocycles. The fraction of sp³-hybridized carbons (Fsp3) is 0.417. The van der Waals surface area contributed by atoms with Gasteiger partial charge in [-0.05, 0) is 37.5 Å². The van der Waals surface area contributed by atoms with Gasteiger partial charge in [0.1, 0.15) is 6.61 Å². The van der Waals surface area contributed by atoms with Crippen molar-refractivity contribution in [2.24, 2.45) is 5.73 Å². The van der Waals surface area contributed by atoms with Crippen LogP contribution in [0.4, 0.5) is 0 Å².